The number of H-pyrrole nitrogens is 1. The normalized spacial score (nSPS) is 13.3. The second kappa shape index (κ2) is 4.00. The van der Waals surface area contributed by atoms with E-state index in [0.717, 1.165) is 5.39 Å². The molecule has 1 heterocycles. The summed E-state index contributed by atoms with van der Waals surface area (Å²) in [6.07, 6.45) is -0.637. The number of fused-ring (bicyclic) bond motifs is 1. The van der Waals surface area contributed by atoms with Crippen molar-refractivity contribution in [3.05, 3.63) is 35.8 Å². The fraction of sp³-hybridized carbons (Fsp3) is 0.273. The molecule has 0 fully saturated rings. The van der Waals surface area contributed by atoms with Crippen LogP contribution in [0, 0.1) is 5.82 Å². The molecular weight excluding hydrogens is 195 g/mol. The van der Waals surface area contributed by atoms with Crippen LogP contribution in [0.5, 0.6) is 0 Å². The number of hydrogen-bond donors (Lipinski definition) is 3. The second-order valence-electron chi connectivity index (χ2n) is 3.50. The van der Waals surface area contributed by atoms with E-state index in [2.05, 4.69) is 10.3 Å². The summed E-state index contributed by atoms with van der Waals surface area (Å²) in [5, 5.41) is 13.3. The summed E-state index contributed by atoms with van der Waals surface area (Å²) in [6, 6.07) is 6.62. The van der Waals surface area contributed by atoms with Gasteiger partial charge >= 0.3 is 0 Å². The van der Waals surface area contributed by atoms with E-state index in [1.165, 1.54) is 6.07 Å². The molecule has 3 N–H and O–H groups in total. The highest BCUT2D eigenvalue weighted by Crippen LogP contribution is 2.21. The minimum atomic E-state index is -0.637. The maximum atomic E-state index is 13.3. The molecule has 1 aromatic carbocycles. The van der Waals surface area contributed by atoms with Crippen LogP contribution in [0.3, 0.4) is 0 Å². The molecule has 15 heavy (non-hydrogen) atoms. The number of aromatic amines is 1. The predicted molar refractivity (Wildman–Crippen MR) is 57.1 cm³/mol. The number of para-hydroxylation sites is 1. The Morgan fingerprint density at radius 1 is 1.53 bits per heavy atom. The first-order valence-corrected chi connectivity index (χ1v) is 4.82. The maximum absolute atomic E-state index is 13.3. The van der Waals surface area contributed by atoms with Crippen molar-refractivity contribution in [1.29, 1.82) is 0 Å². The molecule has 0 aliphatic carbocycles. The van der Waals surface area contributed by atoms with Crippen LogP contribution in [0.4, 0.5) is 4.39 Å². The van der Waals surface area contributed by atoms with Crippen molar-refractivity contribution in [1.82, 2.24) is 10.3 Å². The lowest BCUT2D eigenvalue weighted by molar-refractivity contribution is 0.174. The monoisotopic (exact) mass is 208 g/mol. The van der Waals surface area contributed by atoms with Gasteiger partial charge in [0.2, 0.25) is 0 Å². The molecule has 0 saturated carbocycles. The predicted octanol–water partition coefficient (Wildman–Crippen LogP) is 1.56. The van der Waals surface area contributed by atoms with E-state index < -0.39 is 6.10 Å². The summed E-state index contributed by atoms with van der Waals surface area (Å²) in [6.45, 7) is 0.439. The summed E-state index contributed by atoms with van der Waals surface area (Å²) >= 11 is 0. The van der Waals surface area contributed by atoms with E-state index in [0.29, 0.717) is 17.8 Å². The topological polar surface area (TPSA) is 48.0 Å². The molecule has 1 aromatic heterocycles. The smallest absolute Gasteiger partial charge is 0.147 e. The van der Waals surface area contributed by atoms with Gasteiger partial charge in [0.1, 0.15) is 11.9 Å². The highest BCUT2D eigenvalue weighted by Gasteiger charge is 2.11. The summed E-state index contributed by atoms with van der Waals surface area (Å²) in [4.78, 5) is 2.88. The van der Waals surface area contributed by atoms with E-state index in [-0.39, 0.29) is 5.82 Å². The van der Waals surface area contributed by atoms with Crippen molar-refractivity contribution < 1.29 is 9.50 Å². The average molecular weight is 208 g/mol. The Morgan fingerprint density at radius 2 is 2.33 bits per heavy atom. The maximum Gasteiger partial charge on any atom is 0.147 e. The lowest BCUT2D eigenvalue weighted by Crippen LogP contribution is -2.16. The van der Waals surface area contributed by atoms with Crippen molar-refractivity contribution in [2.45, 2.75) is 6.10 Å². The first-order chi connectivity index (χ1) is 7.22. The third-order valence-corrected chi connectivity index (χ3v) is 2.38. The minimum absolute atomic E-state index is 0.296. The van der Waals surface area contributed by atoms with Crippen molar-refractivity contribution in [2.24, 2.45) is 0 Å². The van der Waals surface area contributed by atoms with Gasteiger partial charge in [-0.2, -0.15) is 0 Å². The minimum Gasteiger partial charge on any atom is -0.386 e. The van der Waals surface area contributed by atoms with E-state index in [1.54, 1.807) is 19.2 Å². The lowest BCUT2D eigenvalue weighted by Gasteiger charge is -2.06. The van der Waals surface area contributed by atoms with Crippen molar-refractivity contribution in [2.75, 3.05) is 13.6 Å². The number of halogens is 1. The first kappa shape index (κ1) is 10.1. The van der Waals surface area contributed by atoms with Crippen LogP contribution >= 0.6 is 0 Å². The van der Waals surface area contributed by atoms with Gasteiger partial charge in [0.15, 0.2) is 0 Å². The number of nitrogens with one attached hydrogen (secondary N) is 2. The fourth-order valence-corrected chi connectivity index (χ4v) is 1.62. The molecule has 3 nitrogen and oxygen atoms in total. The first-order valence-electron chi connectivity index (χ1n) is 4.82. The molecule has 0 spiro atoms. The number of benzene rings is 1. The number of likely N-dealkylation sites (N-methyl/N-ethyl adjacent to an activating group) is 1. The van der Waals surface area contributed by atoms with Gasteiger partial charge in [-0.1, -0.05) is 12.1 Å². The van der Waals surface area contributed by atoms with Crippen LogP contribution in [0.25, 0.3) is 10.9 Å². The van der Waals surface area contributed by atoms with Crippen LogP contribution in [0.1, 0.15) is 11.8 Å². The zero-order chi connectivity index (χ0) is 10.8. The Balaban J connectivity index is 2.43. The van der Waals surface area contributed by atoms with Gasteiger partial charge in [-0.15, -0.1) is 0 Å². The van der Waals surface area contributed by atoms with Gasteiger partial charge in [-0.05, 0) is 19.2 Å². The van der Waals surface area contributed by atoms with Crippen LogP contribution in [0.2, 0.25) is 0 Å². The summed E-state index contributed by atoms with van der Waals surface area (Å²) < 4.78 is 13.3. The molecule has 0 saturated heterocycles. The summed E-state index contributed by atoms with van der Waals surface area (Å²) in [5.41, 5.74) is 1.08. The van der Waals surface area contributed by atoms with Gasteiger partial charge in [-0.3, -0.25) is 0 Å². The molecule has 0 radical (unpaired) electrons. The van der Waals surface area contributed by atoms with Gasteiger partial charge in [-0.25, -0.2) is 4.39 Å². The third kappa shape index (κ3) is 1.86. The van der Waals surface area contributed by atoms with Gasteiger partial charge in [0.25, 0.3) is 0 Å². The van der Waals surface area contributed by atoms with E-state index >= 15 is 0 Å². The highest BCUT2D eigenvalue weighted by atomic mass is 19.1. The quantitative estimate of drug-likeness (QED) is 0.717. The van der Waals surface area contributed by atoms with Gasteiger partial charge in [0.05, 0.1) is 5.52 Å². The molecule has 0 bridgehead atoms. The Bertz CT molecular complexity index is 467. The van der Waals surface area contributed by atoms with E-state index in [4.69, 9.17) is 0 Å². The van der Waals surface area contributed by atoms with Gasteiger partial charge in [0, 0.05) is 17.6 Å². The van der Waals surface area contributed by atoms with Crippen molar-refractivity contribution >= 4 is 10.9 Å². The molecule has 80 valence electrons. The number of aromatic nitrogens is 1. The summed E-state index contributed by atoms with van der Waals surface area (Å²) in [5.74, 6) is -0.296. The SMILES string of the molecule is CNCC(O)c1cc2cccc(F)c2[nH]1. The Morgan fingerprint density at radius 3 is 3.00 bits per heavy atom. The molecule has 0 aliphatic heterocycles. The van der Waals surface area contributed by atoms with Crippen LogP contribution in [-0.4, -0.2) is 23.7 Å². The molecule has 2 aromatic rings. The molecule has 1 unspecified atom stereocenters. The zero-order valence-corrected chi connectivity index (χ0v) is 8.42. The van der Waals surface area contributed by atoms with E-state index in [9.17, 15) is 9.50 Å². The van der Waals surface area contributed by atoms with Crippen molar-refractivity contribution in [3.63, 3.8) is 0 Å². The molecule has 4 heteroatoms. The van der Waals surface area contributed by atoms with Gasteiger partial charge < -0.3 is 15.4 Å². The Hall–Kier alpha value is -1.39. The lowest BCUT2D eigenvalue weighted by atomic mass is 10.2. The fourth-order valence-electron chi connectivity index (χ4n) is 1.62. The second-order valence-corrected chi connectivity index (χ2v) is 3.50. The highest BCUT2D eigenvalue weighted by molar-refractivity contribution is 5.80. The van der Waals surface area contributed by atoms with Crippen LogP contribution < -0.4 is 5.32 Å². The number of rotatable bonds is 3. The summed E-state index contributed by atoms with van der Waals surface area (Å²) in [7, 11) is 1.76. The van der Waals surface area contributed by atoms with Crippen LogP contribution in [0.15, 0.2) is 24.3 Å². The Labute approximate surface area is 86.9 Å². The zero-order valence-electron chi connectivity index (χ0n) is 8.42. The molecule has 2 rings (SSSR count). The molecule has 0 aliphatic rings. The number of hydrogen-bond acceptors (Lipinski definition) is 2. The average Bonchev–Trinajstić information content (AvgIpc) is 2.63. The third-order valence-electron chi connectivity index (χ3n) is 2.38. The largest absolute Gasteiger partial charge is 0.386 e. The Kier molecular flexibility index (Phi) is 2.70. The number of aliphatic hydroxyl groups excluding tert-OH is 1. The van der Waals surface area contributed by atoms with Crippen molar-refractivity contribution in [3.8, 4) is 0 Å². The number of aliphatic hydroxyl groups is 1. The standard InChI is InChI=1S/C11H13FN2O/c1-13-6-10(15)9-5-7-3-2-4-8(12)11(7)14-9/h2-5,10,13-15H,6H2,1H3. The molecular formula is C11H13FN2O. The van der Waals surface area contributed by atoms with Crippen LogP contribution in [-0.2, 0) is 0 Å². The molecule has 0 amide bonds. The molecule has 1 atom stereocenters. The van der Waals surface area contributed by atoms with E-state index in [1.807, 2.05) is 6.07 Å².